The molecule has 0 radical (unpaired) electrons. The number of carbonyl (C=O) groups excluding carboxylic acids is 1. The highest BCUT2D eigenvalue weighted by atomic mass is 32.2. The summed E-state index contributed by atoms with van der Waals surface area (Å²) >= 11 is 0. The number of fused-ring (bicyclic) bond motifs is 1. The number of carbonyl (C=O) groups is 2. The van der Waals surface area contributed by atoms with Crippen molar-refractivity contribution in [3.63, 3.8) is 0 Å². The smallest absolute Gasteiger partial charge is 0.405 e. The van der Waals surface area contributed by atoms with Crippen LogP contribution in [-0.2, 0) is 26.0 Å². The van der Waals surface area contributed by atoms with E-state index in [9.17, 15) is 23.1 Å². The van der Waals surface area contributed by atoms with Crippen LogP contribution in [-0.4, -0.2) is 78.2 Å². The number of rotatable bonds is 13. The van der Waals surface area contributed by atoms with Gasteiger partial charge in [-0.1, -0.05) is 84.1 Å². The number of aromatic nitrogens is 3. The Kier molecular flexibility index (Phi) is 10.6. The summed E-state index contributed by atoms with van der Waals surface area (Å²) in [6, 6.07) is 28.0. The molecule has 0 bridgehead atoms. The van der Waals surface area contributed by atoms with Crippen molar-refractivity contribution in [3.05, 3.63) is 126 Å². The Morgan fingerprint density at radius 3 is 2.33 bits per heavy atom. The first kappa shape index (κ1) is 33.7. The van der Waals surface area contributed by atoms with Crippen molar-refractivity contribution in [3.8, 4) is 0 Å². The Balaban J connectivity index is 1.06. The van der Waals surface area contributed by atoms with E-state index in [-0.39, 0.29) is 23.6 Å². The highest BCUT2D eigenvalue weighted by Gasteiger charge is 2.33. The number of hydrogen-bond acceptors (Lipinski definition) is 8. The molecular formula is C35H37N7O6S. The maximum atomic E-state index is 13.9. The summed E-state index contributed by atoms with van der Waals surface area (Å²) < 4.78 is 35.8. The van der Waals surface area contributed by atoms with Crippen LogP contribution >= 0.6 is 0 Å². The lowest BCUT2D eigenvalue weighted by Gasteiger charge is -2.31. The highest BCUT2D eigenvalue weighted by Crippen LogP contribution is 2.30. The second-order valence-electron chi connectivity index (χ2n) is 11.8. The Morgan fingerprint density at radius 1 is 0.959 bits per heavy atom. The molecule has 6 rings (SSSR count). The highest BCUT2D eigenvalue weighted by molar-refractivity contribution is 7.89. The van der Waals surface area contributed by atoms with E-state index >= 15 is 0 Å². The molecule has 0 unspecified atom stereocenters. The standard InChI is InChI=1S/C35H37N7O6S/c43-34(33(40-35(44)45)32(25-10-3-1-4-11-25)26-12-5-2-6-13-26)39-31-14-8-7-9-24(31)15-17-29-21-36-27(23-48-29)19-38-49(46,47)30-18-16-28-20-37-41-42(28)22-30/h1-14,16,18,20,22,27,29,32-33,36,38,40H,15,17,19,21,23H2,(H,39,43)(H,44,45)/t27-,29-,33+/m1/s1. The number of pyridine rings is 1. The molecule has 1 fully saturated rings. The number of amides is 2. The molecule has 14 heteroatoms. The van der Waals surface area contributed by atoms with Crippen LogP contribution in [0, 0.1) is 0 Å². The van der Waals surface area contributed by atoms with E-state index in [1.165, 1.54) is 16.8 Å². The van der Waals surface area contributed by atoms with Gasteiger partial charge in [0.05, 0.1) is 30.6 Å². The van der Waals surface area contributed by atoms with Gasteiger partial charge in [0.15, 0.2) is 0 Å². The van der Waals surface area contributed by atoms with Crippen LogP contribution in [0.25, 0.3) is 5.52 Å². The van der Waals surface area contributed by atoms with Gasteiger partial charge in [0.1, 0.15) is 10.9 Å². The van der Waals surface area contributed by atoms with E-state index in [2.05, 4.69) is 31.0 Å². The fourth-order valence-electron chi connectivity index (χ4n) is 5.96. The zero-order chi connectivity index (χ0) is 34.2. The third-order valence-corrected chi connectivity index (χ3v) is 9.90. The number of para-hydroxylation sites is 1. The number of hydrogen-bond donors (Lipinski definition) is 5. The first-order chi connectivity index (χ1) is 23.8. The fourth-order valence-corrected chi connectivity index (χ4v) is 7.03. The molecule has 3 atom stereocenters. The number of benzene rings is 3. The maximum Gasteiger partial charge on any atom is 0.405 e. The van der Waals surface area contributed by atoms with Gasteiger partial charge >= 0.3 is 6.09 Å². The second-order valence-corrected chi connectivity index (χ2v) is 13.6. The summed E-state index contributed by atoms with van der Waals surface area (Å²) in [7, 11) is -3.76. The minimum atomic E-state index is -3.76. The molecule has 2 aromatic heterocycles. The molecule has 5 N–H and O–H groups in total. The minimum absolute atomic E-state index is 0.0894. The average molecular weight is 684 g/mol. The molecule has 0 aliphatic carbocycles. The van der Waals surface area contributed by atoms with Crippen molar-refractivity contribution in [2.45, 2.75) is 41.8 Å². The quantitative estimate of drug-likeness (QED) is 0.125. The van der Waals surface area contributed by atoms with Gasteiger partial charge in [-0.05, 0) is 47.7 Å². The number of nitrogens with zero attached hydrogens (tertiary/aromatic N) is 3. The number of sulfonamides is 1. The van der Waals surface area contributed by atoms with Crippen LogP contribution in [0.1, 0.15) is 29.0 Å². The van der Waals surface area contributed by atoms with Crippen molar-refractivity contribution in [1.29, 1.82) is 0 Å². The maximum absolute atomic E-state index is 13.9. The van der Waals surface area contributed by atoms with Crippen molar-refractivity contribution in [2.24, 2.45) is 0 Å². The van der Waals surface area contributed by atoms with Crippen LogP contribution in [0.5, 0.6) is 0 Å². The summed E-state index contributed by atoms with van der Waals surface area (Å²) in [5.41, 5.74) is 3.76. The van der Waals surface area contributed by atoms with E-state index in [0.29, 0.717) is 37.2 Å². The number of ether oxygens (including phenoxy) is 1. The first-order valence-electron chi connectivity index (χ1n) is 15.9. The van der Waals surface area contributed by atoms with Crippen molar-refractivity contribution >= 4 is 33.2 Å². The van der Waals surface area contributed by atoms with Crippen LogP contribution in [0.4, 0.5) is 10.5 Å². The Labute approximate surface area is 283 Å². The van der Waals surface area contributed by atoms with Crippen molar-refractivity contribution in [2.75, 3.05) is 25.0 Å². The third kappa shape index (κ3) is 8.48. The number of carboxylic acid groups (broad SMARTS) is 1. The number of anilines is 1. The fraction of sp³-hybridized carbons (Fsp3) is 0.257. The lowest BCUT2D eigenvalue weighted by molar-refractivity contribution is -0.118. The average Bonchev–Trinajstić information content (AvgIpc) is 3.60. The molecule has 5 aromatic rings. The lowest BCUT2D eigenvalue weighted by atomic mass is 9.84. The van der Waals surface area contributed by atoms with Gasteiger partial charge in [0, 0.05) is 30.7 Å². The van der Waals surface area contributed by atoms with Gasteiger partial charge < -0.3 is 25.8 Å². The summed E-state index contributed by atoms with van der Waals surface area (Å²) in [6.07, 6.45) is 2.76. The first-order valence-corrected chi connectivity index (χ1v) is 17.4. The summed E-state index contributed by atoms with van der Waals surface area (Å²) in [5.74, 6) is -1.04. The van der Waals surface area contributed by atoms with E-state index in [1.54, 1.807) is 18.3 Å². The van der Waals surface area contributed by atoms with Gasteiger partial charge in [0.25, 0.3) is 0 Å². The summed E-state index contributed by atoms with van der Waals surface area (Å²) in [5, 5.41) is 26.2. The van der Waals surface area contributed by atoms with E-state index < -0.39 is 34.0 Å². The number of morpholine rings is 1. The van der Waals surface area contributed by atoms with E-state index in [1.807, 2.05) is 78.9 Å². The predicted molar refractivity (Wildman–Crippen MR) is 183 cm³/mol. The molecule has 1 saturated heterocycles. The van der Waals surface area contributed by atoms with Crippen LogP contribution in [0.2, 0.25) is 0 Å². The predicted octanol–water partition coefficient (Wildman–Crippen LogP) is 3.40. The molecule has 1 aliphatic rings. The molecule has 254 valence electrons. The molecule has 0 spiro atoms. The number of nitrogens with one attached hydrogen (secondary N) is 4. The van der Waals surface area contributed by atoms with E-state index in [0.717, 1.165) is 16.7 Å². The van der Waals surface area contributed by atoms with Crippen molar-refractivity contribution < 1.29 is 27.9 Å². The zero-order valence-corrected chi connectivity index (χ0v) is 27.3. The van der Waals surface area contributed by atoms with Crippen LogP contribution < -0.4 is 20.7 Å². The van der Waals surface area contributed by atoms with Gasteiger partial charge in [-0.2, -0.15) is 0 Å². The zero-order valence-electron chi connectivity index (χ0n) is 26.5. The molecule has 0 saturated carbocycles. The second kappa shape index (κ2) is 15.4. The van der Waals surface area contributed by atoms with Gasteiger partial charge in [-0.15, -0.1) is 5.10 Å². The van der Waals surface area contributed by atoms with Gasteiger partial charge in [-0.3, -0.25) is 4.79 Å². The van der Waals surface area contributed by atoms with Crippen molar-refractivity contribution in [1.82, 2.24) is 30.2 Å². The SMILES string of the molecule is O=C(O)N[C@H](C(=O)Nc1ccccc1CC[C@@H]1CN[C@H](CNS(=O)(=O)c2ccc3cnnn3c2)CO1)C(c1ccccc1)c1ccccc1. The van der Waals surface area contributed by atoms with Gasteiger partial charge in [0.2, 0.25) is 15.9 Å². The molecular weight excluding hydrogens is 646 g/mol. The largest absolute Gasteiger partial charge is 0.465 e. The molecule has 3 heterocycles. The monoisotopic (exact) mass is 683 g/mol. The van der Waals surface area contributed by atoms with Crippen LogP contribution in [0.3, 0.4) is 0 Å². The molecule has 2 amide bonds. The summed E-state index contributed by atoms with van der Waals surface area (Å²) in [6.45, 7) is 0.987. The minimum Gasteiger partial charge on any atom is -0.465 e. The topological polar surface area (TPSA) is 176 Å². The molecule has 13 nitrogen and oxygen atoms in total. The Bertz CT molecular complexity index is 1940. The normalized spacial score (nSPS) is 17.1. The third-order valence-electron chi connectivity index (χ3n) is 8.49. The Hall–Kier alpha value is -5.15. The summed E-state index contributed by atoms with van der Waals surface area (Å²) in [4.78, 5) is 25.9. The Morgan fingerprint density at radius 2 is 1.65 bits per heavy atom. The molecule has 49 heavy (non-hydrogen) atoms. The lowest BCUT2D eigenvalue weighted by Crippen LogP contribution is -2.51. The van der Waals surface area contributed by atoms with Gasteiger partial charge in [-0.25, -0.2) is 22.4 Å². The van der Waals surface area contributed by atoms with Crippen LogP contribution in [0.15, 0.2) is 114 Å². The molecule has 3 aromatic carbocycles. The van der Waals surface area contributed by atoms with E-state index in [4.69, 9.17) is 4.74 Å². The number of aryl methyl sites for hydroxylation is 1. The molecule has 1 aliphatic heterocycles.